The quantitative estimate of drug-likeness (QED) is 0.680. The lowest BCUT2D eigenvalue weighted by Gasteiger charge is -2.34. The number of hydrogen-bond donors (Lipinski definition) is 1. The number of nitrogens with one attached hydrogen (secondary N) is 1. The smallest absolute Gasteiger partial charge is 0.210 e. The van der Waals surface area contributed by atoms with Crippen LogP contribution in [0.15, 0.2) is 16.4 Å². The van der Waals surface area contributed by atoms with Crippen LogP contribution < -0.4 is 5.32 Å². The second-order valence-electron chi connectivity index (χ2n) is 3.95. The Morgan fingerprint density at radius 3 is 3.11 bits per heavy atom. The Morgan fingerprint density at radius 2 is 2.50 bits per heavy atom. The van der Waals surface area contributed by atoms with Gasteiger partial charge in [0.25, 0.3) is 0 Å². The summed E-state index contributed by atoms with van der Waals surface area (Å²) >= 11 is 7.44. The highest BCUT2D eigenvalue weighted by atomic mass is 35.5. The van der Waals surface area contributed by atoms with Gasteiger partial charge in [0.1, 0.15) is 0 Å². The van der Waals surface area contributed by atoms with Crippen LogP contribution in [0.25, 0.3) is 0 Å². The predicted octanol–water partition coefficient (Wildman–Crippen LogP) is 1.88. The fourth-order valence-corrected chi connectivity index (χ4v) is 2.66. The van der Waals surface area contributed by atoms with Gasteiger partial charge in [-0.2, -0.15) is 5.26 Å². The maximum Gasteiger partial charge on any atom is 0.210 e. The van der Waals surface area contributed by atoms with E-state index in [4.69, 9.17) is 16.9 Å². The zero-order valence-corrected chi connectivity index (χ0v) is 11.6. The van der Waals surface area contributed by atoms with Crippen LogP contribution in [0.4, 0.5) is 0 Å². The molecule has 96 valence electrons. The van der Waals surface area contributed by atoms with Gasteiger partial charge in [-0.3, -0.25) is 10.2 Å². The fraction of sp³-hybridized carbons (Fsp3) is 0.455. The largest absolute Gasteiger partial charge is 0.325 e. The SMILES string of the molecule is CCN1CN=C(NC#N)N(Cc2csc(Cl)c2)C1. The maximum absolute atomic E-state index is 8.73. The van der Waals surface area contributed by atoms with Crippen molar-refractivity contribution in [3.63, 3.8) is 0 Å². The van der Waals surface area contributed by atoms with E-state index in [0.717, 1.165) is 23.1 Å². The van der Waals surface area contributed by atoms with Gasteiger partial charge < -0.3 is 4.90 Å². The average Bonchev–Trinajstić information content (AvgIpc) is 2.77. The number of nitriles is 1. The van der Waals surface area contributed by atoms with E-state index in [0.29, 0.717) is 19.2 Å². The van der Waals surface area contributed by atoms with Crippen molar-refractivity contribution in [2.75, 3.05) is 19.9 Å². The molecule has 0 fully saturated rings. The third kappa shape index (κ3) is 3.13. The number of thiophene rings is 1. The molecule has 5 nitrogen and oxygen atoms in total. The molecule has 7 heteroatoms. The summed E-state index contributed by atoms with van der Waals surface area (Å²) in [5, 5.41) is 13.4. The molecule has 1 aliphatic rings. The van der Waals surface area contributed by atoms with Crippen LogP contribution in [0, 0.1) is 11.5 Å². The van der Waals surface area contributed by atoms with Crippen LogP contribution in [0.3, 0.4) is 0 Å². The second kappa shape index (κ2) is 6.05. The molecule has 1 N–H and O–H groups in total. The molecular weight excluding hydrogens is 270 g/mol. The van der Waals surface area contributed by atoms with Crippen LogP contribution in [-0.2, 0) is 6.54 Å². The van der Waals surface area contributed by atoms with Gasteiger partial charge in [0.15, 0.2) is 6.19 Å². The first-order valence-electron chi connectivity index (χ1n) is 5.62. The highest BCUT2D eigenvalue weighted by Gasteiger charge is 2.20. The minimum absolute atomic E-state index is 0.626. The highest BCUT2D eigenvalue weighted by Crippen LogP contribution is 2.21. The number of rotatable bonds is 3. The fourth-order valence-electron chi connectivity index (χ4n) is 1.76. The molecule has 0 atom stereocenters. The van der Waals surface area contributed by atoms with Crippen LogP contribution in [0.5, 0.6) is 0 Å². The van der Waals surface area contributed by atoms with Gasteiger partial charge in [-0.1, -0.05) is 18.5 Å². The highest BCUT2D eigenvalue weighted by molar-refractivity contribution is 7.14. The first kappa shape index (κ1) is 13.1. The van der Waals surface area contributed by atoms with Crippen molar-refractivity contribution in [3.05, 3.63) is 21.3 Å². The Kier molecular flexibility index (Phi) is 4.42. The summed E-state index contributed by atoms with van der Waals surface area (Å²) in [6.45, 7) is 5.12. The van der Waals surface area contributed by atoms with Crippen molar-refractivity contribution in [2.45, 2.75) is 13.5 Å². The van der Waals surface area contributed by atoms with Crippen LogP contribution in [0.1, 0.15) is 12.5 Å². The molecule has 2 rings (SSSR count). The van der Waals surface area contributed by atoms with E-state index in [-0.39, 0.29) is 0 Å². The van der Waals surface area contributed by atoms with Crippen LogP contribution in [0.2, 0.25) is 4.34 Å². The Hall–Kier alpha value is -1.29. The van der Waals surface area contributed by atoms with E-state index >= 15 is 0 Å². The zero-order chi connectivity index (χ0) is 13.0. The molecule has 1 aromatic rings. The molecule has 0 aromatic carbocycles. The summed E-state index contributed by atoms with van der Waals surface area (Å²) < 4.78 is 0.779. The van der Waals surface area contributed by atoms with Crippen molar-refractivity contribution in [1.29, 1.82) is 5.26 Å². The number of nitrogens with zero attached hydrogens (tertiary/aromatic N) is 4. The molecule has 0 saturated heterocycles. The van der Waals surface area contributed by atoms with E-state index < -0.39 is 0 Å². The van der Waals surface area contributed by atoms with Crippen molar-refractivity contribution in [3.8, 4) is 6.19 Å². The van der Waals surface area contributed by atoms with Gasteiger partial charge in [0.05, 0.1) is 17.7 Å². The Labute approximate surface area is 115 Å². The predicted molar refractivity (Wildman–Crippen MR) is 73.2 cm³/mol. The molecule has 0 amide bonds. The first-order chi connectivity index (χ1) is 8.72. The second-order valence-corrected chi connectivity index (χ2v) is 5.49. The lowest BCUT2D eigenvalue weighted by molar-refractivity contribution is 0.172. The van der Waals surface area contributed by atoms with Gasteiger partial charge in [0, 0.05) is 6.54 Å². The molecule has 0 saturated carbocycles. The average molecular weight is 284 g/mol. The topological polar surface area (TPSA) is 54.7 Å². The third-order valence-electron chi connectivity index (χ3n) is 2.70. The monoisotopic (exact) mass is 283 g/mol. The van der Waals surface area contributed by atoms with Crippen molar-refractivity contribution in [1.82, 2.24) is 15.1 Å². The van der Waals surface area contributed by atoms with Gasteiger partial charge in [-0.25, -0.2) is 4.99 Å². The van der Waals surface area contributed by atoms with Crippen molar-refractivity contribution >= 4 is 28.9 Å². The summed E-state index contributed by atoms with van der Waals surface area (Å²) in [5.74, 6) is 0.629. The Bertz CT molecular complexity index is 478. The summed E-state index contributed by atoms with van der Waals surface area (Å²) in [7, 11) is 0. The Morgan fingerprint density at radius 1 is 1.67 bits per heavy atom. The summed E-state index contributed by atoms with van der Waals surface area (Å²) in [4.78, 5) is 8.59. The zero-order valence-electron chi connectivity index (χ0n) is 10.1. The molecule has 0 bridgehead atoms. The number of hydrogen-bond acceptors (Lipinski definition) is 6. The summed E-state index contributed by atoms with van der Waals surface area (Å²) in [6.07, 6.45) is 1.93. The Balaban J connectivity index is 2.09. The van der Waals surface area contributed by atoms with E-state index in [1.54, 1.807) is 0 Å². The van der Waals surface area contributed by atoms with E-state index in [1.165, 1.54) is 11.3 Å². The summed E-state index contributed by atoms with van der Waals surface area (Å²) in [5.41, 5.74) is 1.13. The molecule has 1 aromatic heterocycles. The molecule has 0 radical (unpaired) electrons. The molecule has 0 aliphatic carbocycles. The number of aliphatic imine (C=N–C) groups is 1. The molecular formula is C11H14ClN5S. The van der Waals surface area contributed by atoms with Crippen LogP contribution in [-0.4, -0.2) is 35.6 Å². The maximum atomic E-state index is 8.73. The minimum Gasteiger partial charge on any atom is -0.325 e. The molecule has 0 spiro atoms. The van der Waals surface area contributed by atoms with E-state index in [2.05, 4.69) is 22.1 Å². The standard InChI is InChI=1S/C11H14ClN5S/c1-2-16-7-15-11(14-6-13)17(8-16)4-9-3-10(12)18-5-9/h3,5H,2,4,7-8H2,1H3,(H,14,15). The summed E-state index contributed by atoms with van der Waals surface area (Å²) in [6, 6.07) is 1.95. The minimum atomic E-state index is 0.626. The lowest BCUT2D eigenvalue weighted by atomic mass is 10.3. The van der Waals surface area contributed by atoms with Gasteiger partial charge in [-0.15, -0.1) is 11.3 Å². The van der Waals surface area contributed by atoms with Crippen LogP contribution >= 0.6 is 22.9 Å². The van der Waals surface area contributed by atoms with Gasteiger partial charge >= 0.3 is 0 Å². The number of halogens is 1. The van der Waals surface area contributed by atoms with Gasteiger partial charge in [0.2, 0.25) is 5.96 Å². The normalized spacial score (nSPS) is 16.3. The van der Waals surface area contributed by atoms with Gasteiger partial charge in [-0.05, 0) is 23.6 Å². The molecule has 2 heterocycles. The molecule has 18 heavy (non-hydrogen) atoms. The van der Waals surface area contributed by atoms with Crippen molar-refractivity contribution < 1.29 is 0 Å². The van der Waals surface area contributed by atoms with E-state index in [9.17, 15) is 0 Å². The lowest BCUT2D eigenvalue weighted by Crippen LogP contribution is -2.49. The third-order valence-corrected chi connectivity index (χ3v) is 3.84. The molecule has 1 aliphatic heterocycles. The first-order valence-corrected chi connectivity index (χ1v) is 6.88. The van der Waals surface area contributed by atoms with E-state index in [1.807, 2.05) is 22.5 Å². The van der Waals surface area contributed by atoms with Crippen molar-refractivity contribution in [2.24, 2.45) is 4.99 Å². The molecule has 0 unspecified atom stereocenters. The number of guanidine groups is 1.